The lowest BCUT2D eigenvalue weighted by molar-refractivity contribution is -0.0865. The highest BCUT2D eigenvalue weighted by Gasteiger charge is 2.38. The Balaban J connectivity index is 1.69. The maximum atomic E-state index is 13.3. The van der Waals surface area contributed by atoms with Crippen LogP contribution in [0.25, 0.3) is 0 Å². The van der Waals surface area contributed by atoms with Gasteiger partial charge in [0, 0.05) is 12.6 Å². The predicted octanol–water partition coefficient (Wildman–Crippen LogP) is 4.34. The molecule has 2 fully saturated rings. The van der Waals surface area contributed by atoms with Gasteiger partial charge in [-0.05, 0) is 55.4 Å². The third-order valence-electron chi connectivity index (χ3n) is 4.19. The Morgan fingerprint density at radius 3 is 2.95 bits per heavy atom. The van der Waals surface area contributed by atoms with Crippen molar-refractivity contribution in [2.45, 2.75) is 37.3 Å². The molecular weight excluding hydrogens is 297 g/mol. The number of nitrogens with one attached hydrogen (secondary N) is 1. The normalized spacial score (nSPS) is 25.6. The van der Waals surface area contributed by atoms with Gasteiger partial charge in [-0.3, -0.25) is 0 Å². The van der Waals surface area contributed by atoms with Gasteiger partial charge in [-0.1, -0.05) is 11.6 Å². The summed E-state index contributed by atoms with van der Waals surface area (Å²) in [6.07, 6.45) is 4.17. The zero-order chi connectivity index (χ0) is 14.0. The number of benzene rings is 1. The average molecular weight is 316 g/mol. The number of ether oxygens (including phenoxy) is 1. The molecule has 0 saturated carbocycles. The summed E-state index contributed by atoms with van der Waals surface area (Å²) in [4.78, 5) is 0. The molecule has 0 aliphatic carbocycles. The van der Waals surface area contributed by atoms with Gasteiger partial charge in [-0.15, -0.1) is 0 Å². The van der Waals surface area contributed by atoms with Gasteiger partial charge in [0.15, 0.2) is 0 Å². The second-order valence-electron chi connectivity index (χ2n) is 5.60. The third-order valence-corrected chi connectivity index (χ3v) is 5.50. The predicted molar refractivity (Wildman–Crippen MR) is 83.3 cm³/mol. The SMILES string of the molecule is Fc1ccc(Cl)c(NC2CCOC3(CCSCC3)C2)c1. The van der Waals surface area contributed by atoms with Crippen molar-refractivity contribution in [1.82, 2.24) is 0 Å². The number of halogens is 2. The van der Waals surface area contributed by atoms with Crippen molar-refractivity contribution in [3.63, 3.8) is 0 Å². The molecule has 5 heteroatoms. The van der Waals surface area contributed by atoms with Gasteiger partial charge >= 0.3 is 0 Å². The van der Waals surface area contributed by atoms with Crippen LogP contribution in [0.15, 0.2) is 18.2 Å². The summed E-state index contributed by atoms with van der Waals surface area (Å²) in [7, 11) is 0. The largest absolute Gasteiger partial charge is 0.381 e. The maximum absolute atomic E-state index is 13.3. The van der Waals surface area contributed by atoms with Crippen LogP contribution >= 0.6 is 23.4 Å². The van der Waals surface area contributed by atoms with E-state index in [1.165, 1.54) is 23.6 Å². The lowest BCUT2D eigenvalue weighted by Crippen LogP contribution is -2.46. The molecule has 1 spiro atoms. The number of rotatable bonds is 2. The molecule has 1 unspecified atom stereocenters. The van der Waals surface area contributed by atoms with E-state index in [0.717, 1.165) is 32.3 Å². The molecule has 1 aromatic rings. The van der Waals surface area contributed by atoms with Gasteiger partial charge in [0.1, 0.15) is 5.82 Å². The molecule has 3 rings (SSSR count). The van der Waals surface area contributed by atoms with Crippen molar-refractivity contribution in [2.24, 2.45) is 0 Å². The Kier molecular flexibility index (Phi) is 4.43. The van der Waals surface area contributed by atoms with Crippen molar-refractivity contribution >= 4 is 29.1 Å². The highest BCUT2D eigenvalue weighted by molar-refractivity contribution is 7.99. The van der Waals surface area contributed by atoms with Crippen molar-refractivity contribution < 1.29 is 9.13 Å². The molecule has 0 aromatic heterocycles. The first-order chi connectivity index (χ1) is 9.67. The lowest BCUT2D eigenvalue weighted by atomic mass is 9.85. The summed E-state index contributed by atoms with van der Waals surface area (Å²) in [5.41, 5.74) is 0.722. The molecule has 1 aromatic carbocycles. The molecule has 1 N–H and O–H groups in total. The molecule has 2 nitrogen and oxygen atoms in total. The topological polar surface area (TPSA) is 21.3 Å². The van der Waals surface area contributed by atoms with Crippen LogP contribution in [0.2, 0.25) is 5.02 Å². The Morgan fingerprint density at radius 1 is 1.35 bits per heavy atom. The van der Waals surface area contributed by atoms with E-state index in [-0.39, 0.29) is 11.4 Å². The van der Waals surface area contributed by atoms with Gasteiger partial charge in [0.25, 0.3) is 0 Å². The van der Waals surface area contributed by atoms with E-state index in [4.69, 9.17) is 16.3 Å². The number of anilines is 1. The maximum Gasteiger partial charge on any atom is 0.125 e. The monoisotopic (exact) mass is 315 g/mol. The van der Waals surface area contributed by atoms with E-state index in [1.807, 2.05) is 11.8 Å². The molecular formula is C15H19ClFNOS. The van der Waals surface area contributed by atoms with Crippen molar-refractivity contribution in [2.75, 3.05) is 23.4 Å². The minimum atomic E-state index is -0.257. The molecule has 0 bridgehead atoms. The van der Waals surface area contributed by atoms with Gasteiger partial charge in [-0.2, -0.15) is 11.8 Å². The highest BCUT2D eigenvalue weighted by Crippen LogP contribution is 2.38. The second-order valence-corrected chi connectivity index (χ2v) is 7.23. The van der Waals surface area contributed by atoms with Gasteiger partial charge in [0.2, 0.25) is 0 Å². The Morgan fingerprint density at radius 2 is 2.15 bits per heavy atom. The molecule has 20 heavy (non-hydrogen) atoms. The van der Waals surface area contributed by atoms with E-state index < -0.39 is 0 Å². The Hall–Kier alpha value is -0.450. The van der Waals surface area contributed by atoms with E-state index in [2.05, 4.69) is 5.32 Å². The zero-order valence-electron chi connectivity index (χ0n) is 11.3. The summed E-state index contributed by atoms with van der Waals surface area (Å²) in [6, 6.07) is 4.77. The van der Waals surface area contributed by atoms with E-state index >= 15 is 0 Å². The first-order valence-electron chi connectivity index (χ1n) is 7.10. The fraction of sp³-hybridized carbons (Fsp3) is 0.600. The number of hydrogen-bond acceptors (Lipinski definition) is 3. The summed E-state index contributed by atoms with van der Waals surface area (Å²) in [5.74, 6) is 2.09. The first kappa shape index (κ1) is 14.5. The van der Waals surface area contributed by atoms with E-state index in [1.54, 1.807) is 6.07 Å². The van der Waals surface area contributed by atoms with E-state index in [0.29, 0.717) is 16.8 Å². The van der Waals surface area contributed by atoms with Crippen LogP contribution in [-0.4, -0.2) is 29.8 Å². The minimum Gasteiger partial charge on any atom is -0.381 e. The molecule has 0 radical (unpaired) electrons. The zero-order valence-corrected chi connectivity index (χ0v) is 12.9. The van der Waals surface area contributed by atoms with Crippen LogP contribution in [0, 0.1) is 5.82 Å². The van der Waals surface area contributed by atoms with Crippen LogP contribution in [0.3, 0.4) is 0 Å². The first-order valence-corrected chi connectivity index (χ1v) is 8.63. The smallest absolute Gasteiger partial charge is 0.125 e. The second kappa shape index (κ2) is 6.12. The molecule has 2 aliphatic heterocycles. The summed E-state index contributed by atoms with van der Waals surface area (Å²) < 4.78 is 19.4. The van der Waals surface area contributed by atoms with Gasteiger partial charge in [-0.25, -0.2) is 4.39 Å². The molecule has 0 amide bonds. The quantitative estimate of drug-likeness (QED) is 0.877. The number of thioether (sulfide) groups is 1. The van der Waals surface area contributed by atoms with Crippen LogP contribution < -0.4 is 5.32 Å². The fourth-order valence-electron chi connectivity index (χ4n) is 3.07. The van der Waals surface area contributed by atoms with Crippen LogP contribution in [0.5, 0.6) is 0 Å². The summed E-state index contributed by atoms with van der Waals surface area (Å²) in [6.45, 7) is 0.773. The van der Waals surface area contributed by atoms with Gasteiger partial charge < -0.3 is 10.1 Å². The van der Waals surface area contributed by atoms with Crippen LogP contribution in [0.1, 0.15) is 25.7 Å². The molecule has 110 valence electrons. The molecule has 2 saturated heterocycles. The highest BCUT2D eigenvalue weighted by atomic mass is 35.5. The summed E-state index contributed by atoms with van der Waals surface area (Å²) in [5, 5.41) is 3.98. The lowest BCUT2D eigenvalue weighted by Gasteiger charge is -2.43. The molecule has 2 heterocycles. The summed E-state index contributed by atoms with van der Waals surface area (Å²) >= 11 is 8.13. The molecule has 2 aliphatic rings. The number of hydrogen-bond donors (Lipinski definition) is 1. The third kappa shape index (κ3) is 3.23. The fourth-order valence-corrected chi connectivity index (χ4v) is 4.48. The van der Waals surface area contributed by atoms with E-state index in [9.17, 15) is 4.39 Å². The minimum absolute atomic E-state index is 0.0287. The van der Waals surface area contributed by atoms with Gasteiger partial charge in [0.05, 0.1) is 16.3 Å². The standard InChI is InChI=1S/C15H19ClFNOS/c16-13-2-1-11(17)9-14(13)18-12-3-6-19-15(10-12)4-7-20-8-5-15/h1-2,9,12,18H,3-8,10H2. The van der Waals surface area contributed by atoms with Crippen molar-refractivity contribution in [3.8, 4) is 0 Å². The van der Waals surface area contributed by atoms with Crippen LogP contribution in [-0.2, 0) is 4.74 Å². The van der Waals surface area contributed by atoms with Crippen LogP contribution in [0.4, 0.5) is 10.1 Å². The van der Waals surface area contributed by atoms with Crippen molar-refractivity contribution in [3.05, 3.63) is 29.0 Å². The Bertz CT molecular complexity index is 473. The molecule has 1 atom stereocenters. The average Bonchev–Trinajstić information content (AvgIpc) is 2.44. The Labute approximate surface area is 128 Å². The van der Waals surface area contributed by atoms with Crippen molar-refractivity contribution in [1.29, 1.82) is 0 Å².